The number of amides is 1. The Kier molecular flexibility index (Phi) is 4.31. The van der Waals surface area contributed by atoms with Crippen molar-refractivity contribution in [3.63, 3.8) is 0 Å². The monoisotopic (exact) mass is 329 g/mol. The van der Waals surface area contributed by atoms with Crippen molar-refractivity contribution in [3.05, 3.63) is 29.1 Å². The van der Waals surface area contributed by atoms with Crippen LogP contribution in [-0.2, 0) is 13.0 Å². The Morgan fingerprint density at radius 1 is 1.33 bits per heavy atom. The summed E-state index contributed by atoms with van der Waals surface area (Å²) in [6.07, 6.45) is 12.5. The van der Waals surface area contributed by atoms with Crippen LogP contribution < -0.4 is 5.48 Å². The topological polar surface area (TPSA) is 65.5 Å². The minimum Gasteiger partial charge on any atom is -0.298 e. The highest BCUT2D eigenvalue weighted by Crippen LogP contribution is 2.52. The van der Waals surface area contributed by atoms with Crippen LogP contribution in [0.4, 0.5) is 0 Å². The van der Waals surface area contributed by atoms with Gasteiger partial charge in [-0.05, 0) is 61.5 Å². The first-order valence-electron chi connectivity index (χ1n) is 9.32. The van der Waals surface area contributed by atoms with Crippen molar-refractivity contribution >= 4 is 5.91 Å². The number of fused-ring (bicyclic) bond motifs is 1. The summed E-state index contributed by atoms with van der Waals surface area (Å²) in [6, 6.07) is 1.88. The third-order valence-electron chi connectivity index (χ3n) is 6.58. The number of nitrogens with zero attached hydrogens (tertiary/aromatic N) is 2. The third-order valence-corrected chi connectivity index (χ3v) is 6.58. The summed E-state index contributed by atoms with van der Waals surface area (Å²) in [5.41, 5.74) is 5.09. The van der Waals surface area contributed by atoms with Gasteiger partial charge in [0, 0.05) is 37.9 Å². The van der Waals surface area contributed by atoms with E-state index >= 15 is 0 Å². The molecule has 2 fully saturated rings. The van der Waals surface area contributed by atoms with E-state index in [2.05, 4.69) is 9.88 Å². The van der Waals surface area contributed by atoms with Crippen molar-refractivity contribution in [2.75, 3.05) is 13.1 Å². The van der Waals surface area contributed by atoms with Crippen LogP contribution >= 0.6 is 0 Å². The van der Waals surface area contributed by atoms with Gasteiger partial charge in [0.05, 0.1) is 5.56 Å². The zero-order valence-corrected chi connectivity index (χ0v) is 14.3. The van der Waals surface area contributed by atoms with E-state index in [0.717, 1.165) is 42.1 Å². The number of hydrogen-bond donors (Lipinski definition) is 2. The maximum atomic E-state index is 11.6. The lowest BCUT2D eigenvalue weighted by Gasteiger charge is -2.47. The van der Waals surface area contributed by atoms with Crippen LogP contribution in [0.15, 0.2) is 12.3 Å². The number of carbonyl (C=O) groups excluding carboxylic acids is 1. The SMILES string of the molecule is O=C(NO)c1cnc2c(c1)CN(CC1CCC3(CCC3)CC1)CC2. The Labute approximate surface area is 143 Å². The maximum Gasteiger partial charge on any atom is 0.276 e. The molecule has 1 amide bonds. The highest BCUT2D eigenvalue weighted by Gasteiger charge is 2.40. The van der Waals surface area contributed by atoms with Crippen LogP contribution in [0.3, 0.4) is 0 Å². The Hall–Kier alpha value is -1.46. The number of carbonyl (C=O) groups is 1. The highest BCUT2D eigenvalue weighted by molar-refractivity contribution is 5.93. The molecule has 2 saturated carbocycles. The molecule has 1 aliphatic heterocycles. The molecular weight excluding hydrogens is 302 g/mol. The number of hydrogen-bond acceptors (Lipinski definition) is 4. The van der Waals surface area contributed by atoms with Crippen LogP contribution in [0.25, 0.3) is 0 Å². The number of nitrogens with one attached hydrogen (secondary N) is 1. The minimum absolute atomic E-state index is 0.433. The first kappa shape index (κ1) is 16.0. The standard InChI is InChI=1S/C19H27N3O2/c23-18(21-24)15-10-16-13-22(9-4-17(16)20-11-15)12-14-2-7-19(8-3-14)5-1-6-19/h10-11,14,24H,1-9,12-13H2,(H,21,23). The van der Waals surface area contributed by atoms with E-state index in [9.17, 15) is 4.79 Å². The minimum atomic E-state index is -0.486. The Morgan fingerprint density at radius 3 is 2.79 bits per heavy atom. The van der Waals surface area contributed by atoms with E-state index < -0.39 is 5.91 Å². The number of rotatable bonds is 3. The van der Waals surface area contributed by atoms with Gasteiger partial charge in [0.1, 0.15) is 0 Å². The summed E-state index contributed by atoms with van der Waals surface area (Å²) < 4.78 is 0. The molecule has 0 bridgehead atoms. The van der Waals surface area contributed by atoms with Gasteiger partial charge in [-0.1, -0.05) is 6.42 Å². The van der Waals surface area contributed by atoms with E-state index in [0.29, 0.717) is 5.56 Å². The van der Waals surface area contributed by atoms with E-state index in [1.54, 1.807) is 11.7 Å². The van der Waals surface area contributed by atoms with Gasteiger partial charge in [0.2, 0.25) is 0 Å². The normalized spacial score (nSPS) is 23.5. The molecule has 5 nitrogen and oxygen atoms in total. The molecule has 130 valence electrons. The number of aromatic nitrogens is 1. The van der Waals surface area contributed by atoms with Gasteiger partial charge in [0.25, 0.3) is 5.91 Å². The second-order valence-corrected chi connectivity index (χ2v) is 8.05. The van der Waals surface area contributed by atoms with Gasteiger partial charge < -0.3 is 0 Å². The molecule has 24 heavy (non-hydrogen) atoms. The van der Waals surface area contributed by atoms with Crippen LogP contribution in [-0.4, -0.2) is 34.1 Å². The summed E-state index contributed by atoms with van der Waals surface area (Å²) in [5.74, 6) is 0.343. The Bertz CT molecular complexity index is 617. The maximum absolute atomic E-state index is 11.6. The number of pyridine rings is 1. The molecule has 1 aromatic heterocycles. The second kappa shape index (κ2) is 6.45. The molecule has 5 heteroatoms. The van der Waals surface area contributed by atoms with Crippen molar-refractivity contribution in [3.8, 4) is 0 Å². The van der Waals surface area contributed by atoms with E-state index in [4.69, 9.17) is 5.21 Å². The van der Waals surface area contributed by atoms with Crippen molar-refractivity contribution in [1.82, 2.24) is 15.4 Å². The third kappa shape index (κ3) is 3.07. The summed E-state index contributed by atoms with van der Waals surface area (Å²) in [7, 11) is 0. The fourth-order valence-electron chi connectivity index (χ4n) is 4.84. The van der Waals surface area contributed by atoms with Gasteiger partial charge in [-0.3, -0.25) is 19.9 Å². The Balaban J connectivity index is 1.36. The quantitative estimate of drug-likeness (QED) is 0.661. The van der Waals surface area contributed by atoms with Gasteiger partial charge in [-0.25, -0.2) is 5.48 Å². The van der Waals surface area contributed by atoms with Gasteiger partial charge in [-0.15, -0.1) is 0 Å². The van der Waals surface area contributed by atoms with Crippen LogP contribution in [0.2, 0.25) is 0 Å². The van der Waals surface area contributed by atoms with Gasteiger partial charge in [-0.2, -0.15) is 0 Å². The predicted octanol–water partition coefficient (Wildman–Crippen LogP) is 2.92. The van der Waals surface area contributed by atoms with Gasteiger partial charge in [0.15, 0.2) is 0 Å². The smallest absolute Gasteiger partial charge is 0.276 e. The van der Waals surface area contributed by atoms with Crippen molar-refractivity contribution in [2.45, 2.75) is 57.9 Å². The molecule has 2 N–H and O–H groups in total. The summed E-state index contributed by atoms with van der Waals surface area (Å²) >= 11 is 0. The van der Waals surface area contributed by atoms with Crippen LogP contribution in [0.1, 0.15) is 66.6 Å². The lowest BCUT2D eigenvalue weighted by Crippen LogP contribution is -2.39. The fourth-order valence-corrected chi connectivity index (χ4v) is 4.84. The lowest BCUT2D eigenvalue weighted by molar-refractivity contribution is 0.0438. The van der Waals surface area contributed by atoms with Crippen molar-refractivity contribution < 1.29 is 10.0 Å². The largest absolute Gasteiger partial charge is 0.298 e. The summed E-state index contributed by atoms with van der Waals surface area (Å²) in [4.78, 5) is 18.5. The highest BCUT2D eigenvalue weighted by atomic mass is 16.5. The average molecular weight is 329 g/mol. The summed E-state index contributed by atoms with van der Waals surface area (Å²) in [6.45, 7) is 3.11. The molecule has 2 aliphatic carbocycles. The van der Waals surface area contributed by atoms with Crippen molar-refractivity contribution in [1.29, 1.82) is 0 Å². The first-order valence-corrected chi connectivity index (χ1v) is 9.32. The molecule has 1 spiro atoms. The van der Waals surface area contributed by atoms with Crippen molar-refractivity contribution in [2.24, 2.45) is 11.3 Å². The molecular formula is C19H27N3O2. The van der Waals surface area contributed by atoms with E-state index in [-0.39, 0.29) is 0 Å². The number of hydroxylamine groups is 1. The van der Waals surface area contributed by atoms with E-state index in [1.165, 1.54) is 51.5 Å². The lowest BCUT2D eigenvalue weighted by atomic mass is 9.59. The fraction of sp³-hybridized carbons (Fsp3) is 0.684. The van der Waals surface area contributed by atoms with E-state index in [1.807, 2.05) is 6.07 Å². The molecule has 0 aromatic carbocycles. The molecule has 0 radical (unpaired) electrons. The molecule has 0 unspecified atom stereocenters. The van der Waals surface area contributed by atoms with Crippen LogP contribution in [0.5, 0.6) is 0 Å². The molecule has 0 atom stereocenters. The first-order chi connectivity index (χ1) is 11.7. The van der Waals surface area contributed by atoms with Gasteiger partial charge >= 0.3 is 0 Å². The predicted molar refractivity (Wildman–Crippen MR) is 90.7 cm³/mol. The average Bonchev–Trinajstić information content (AvgIpc) is 2.60. The zero-order valence-electron chi connectivity index (χ0n) is 14.3. The Morgan fingerprint density at radius 2 is 2.12 bits per heavy atom. The summed E-state index contributed by atoms with van der Waals surface area (Å²) in [5, 5.41) is 8.79. The molecule has 3 aliphatic rings. The molecule has 0 saturated heterocycles. The molecule has 1 aromatic rings. The molecule has 2 heterocycles. The second-order valence-electron chi connectivity index (χ2n) is 8.05. The molecule has 4 rings (SSSR count). The zero-order chi connectivity index (χ0) is 16.6. The van der Waals surface area contributed by atoms with Crippen LogP contribution in [0, 0.1) is 11.3 Å².